The van der Waals surface area contributed by atoms with Crippen LogP contribution < -0.4 is 5.73 Å². The quantitative estimate of drug-likeness (QED) is 0.861. The second-order valence-corrected chi connectivity index (χ2v) is 5.86. The Morgan fingerprint density at radius 2 is 1.94 bits per heavy atom. The lowest BCUT2D eigenvalue weighted by Crippen LogP contribution is -2.43. The fraction of sp³-hybridized carbons (Fsp3) is 0.600. The van der Waals surface area contributed by atoms with Gasteiger partial charge in [0.05, 0.1) is 0 Å². The van der Waals surface area contributed by atoms with E-state index in [1.165, 1.54) is 5.56 Å². The van der Waals surface area contributed by atoms with Gasteiger partial charge in [-0.25, -0.2) is 0 Å². The zero-order chi connectivity index (χ0) is 13.7. The van der Waals surface area contributed by atoms with E-state index in [1.807, 2.05) is 0 Å². The van der Waals surface area contributed by atoms with Crippen molar-refractivity contribution in [3.05, 3.63) is 34.3 Å². The smallest absolute Gasteiger partial charge is 0.0499 e. The average molecular weight is 313 g/mol. The molecule has 0 aliphatic rings. The standard InChI is InChI=1S/C15H25BrN2/c1-5-11(3)18(6-2)15(12(4)17)13-8-7-9-14(16)10-13/h7-12,15H,5-6,17H2,1-4H3. The Morgan fingerprint density at radius 1 is 1.28 bits per heavy atom. The highest BCUT2D eigenvalue weighted by molar-refractivity contribution is 9.10. The van der Waals surface area contributed by atoms with E-state index in [4.69, 9.17) is 5.73 Å². The zero-order valence-electron chi connectivity index (χ0n) is 11.9. The van der Waals surface area contributed by atoms with Crippen LogP contribution in [0.15, 0.2) is 28.7 Å². The topological polar surface area (TPSA) is 29.3 Å². The van der Waals surface area contributed by atoms with E-state index in [0.29, 0.717) is 6.04 Å². The monoisotopic (exact) mass is 312 g/mol. The van der Waals surface area contributed by atoms with Gasteiger partial charge >= 0.3 is 0 Å². The molecule has 1 aromatic rings. The number of hydrogen-bond acceptors (Lipinski definition) is 2. The van der Waals surface area contributed by atoms with Crippen LogP contribution in [0.25, 0.3) is 0 Å². The summed E-state index contributed by atoms with van der Waals surface area (Å²) in [5, 5.41) is 0. The van der Waals surface area contributed by atoms with E-state index in [9.17, 15) is 0 Å². The molecule has 0 bridgehead atoms. The highest BCUT2D eigenvalue weighted by Gasteiger charge is 2.26. The maximum absolute atomic E-state index is 6.23. The fourth-order valence-electron chi connectivity index (χ4n) is 2.50. The molecular weight excluding hydrogens is 288 g/mol. The van der Waals surface area contributed by atoms with Gasteiger partial charge in [-0.1, -0.05) is 41.9 Å². The van der Waals surface area contributed by atoms with Gasteiger partial charge in [-0.15, -0.1) is 0 Å². The number of benzene rings is 1. The zero-order valence-corrected chi connectivity index (χ0v) is 13.4. The van der Waals surface area contributed by atoms with Crippen molar-refractivity contribution < 1.29 is 0 Å². The second kappa shape index (κ2) is 7.27. The predicted molar refractivity (Wildman–Crippen MR) is 82.7 cm³/mol. The molecule has 3 unspecified atom stereocenters. The van der Waals surface area contributed by atoms with Crippen molar-refractivity contribution in [1.29, 1.82) is 0 Å². The van der Waals surface area contributed by atoms with Crippen LogP contribution in [0, 0.1) is 0 Å². The lowest BCUT2D eigenvalue weighted by molar-refractivity contribution is 0.131. The molecule has 102 valence electrons. The normalized spacial score (nSPS) is 16.6. The molecule has 0 saturated heterocycles. The minimum Gasteiger partial charge on any atom is -0.326 e. The van der Waals surface area contributed by atoms with Gasteiger partial charge in [0.2, 0.25) is 0 Å². The molecule has 1 aromatic carbocycles. The van der Waals surface area contributed by atoms with Gasteiger partial charge in [-0.2, -0.15) is 0 Å². The molecule has 1 rings (SSSR count). The van der Waals surface area contributed by atoms with Crippen LogP contribution >= 0.6 is 15.9 Å². The first kappa shape index (κ1) is 15.7. The third-order valence-electron chi connectivity index (χ3n) is 3.57. The Morgan fingerprint density at radius 3 is 2.39 bits per heavy atom. The Balaban J connectivity index is 3.08. The lowest BCUT2D eigenvalue weighted by atomic mass is 9.97. The van der Waals surface area contributed by atoms with Crippen LogP contribution in [-0.4, -0.2) is 23.5 Å². The predicted octanol–water partition coefficient (Wildman–Crippen LogP) is 3.96. The van der Waals surface area contributed by atoms with Crippen LogP contribution in [0.2, 0.25) is 0 Å². The summed E-state index contributed by atoms with van der Waals surface area (Å²) < 4.78 is 1.12. The molecule has 0 saturated carbocycles. The molecule has 0 amide bonds. The van der Waals surface area contributed by atoms with Gasteiger partial charge in [0.25, 0.3) is 0 Å². The van der Waals surface area contributed by atoms with Crippen molar-refractivity contribution in [2.75, 3.05) is 6.54 Å². The first-order chi connectivity index (χ1) is 8.51. The van der Waals surface area contributed by atoms with Crippen LogP contribution in [-0.2, 0) is 0 Å². The molecule has 0 heterocycles. The summed E-state index contributed by atoms with van der Waals surface area (Å²) in [5.74, 6) is 0. The van der Waals surface area contributed by atoms with Crippen molar-refractivity contribution in [2.24, 2.45) is 5.73 Å². The molecule has 0 aromatic heterocycles. The van der Waals surface area contributed by atoms with E-state index in [-0.39, 0.29) is 12.1 Å². The maximum atomic E-state index is 6.23. The van der Waals surface area contributed by atoms with Crippen molar-refractivity contribution >= 4 is 15.9 Å². The van der Waals surface area contributed by atoms with Gasteiger partial charge in [0, 0.05) is 22.6 Å². The average Bonchev–Trinajstić information content (AvgIpc) is 2.34. The Labute approximate surface area is 120 Å². The van der Waals surface area contributed by atoms with E-state index in [1.54, 1.807) is 0 Å². The second-order valence-electron chi connectivity index (χ2n) is 4.95. The Hall–Kier alpha value is -0.380. The molecule has 18 heavy (non-hydrogen) atoms. The number of hydrogen-bond donors (Lipinski definition) is 1. The third kappa shape index (κ3) is 3.81. The third-order valence-corrected chi connectivity index (χ3v) is 4.06. The summed E-state index contributed by atoms with van der Waals surface area (Å²) >= 11 is 3.55. The number of likely N-dealkylation sites (N-methyl/N-ethyl adjacent to an activating group) is 1. The molecule has 0 fully saturated rings. The molecule has 3 heteroatoms. The van der Waals surface area contributed by atoms with Crippen molar-refractivity contribution in [1.82, 2.24) is 4.90 Å². The van der Waals surface area contributed by atoms with Crippen molar-refractivity contribution in [3.63, 3.8) is 0 Å². The number of nitrogens with two attached hydrogens (primary N) is 1. The number of nitrogens with zero attached hydrogens (tertiary/aromatic N) is 1. The molecule has 0 spiro atoms. The highest BCUT2D eigenvalue weighted by atomic mass is 79.9. The first-order valence-electron chi connectivity index (χ1n) is 6.78. The number of rotatable bonds is 6. The molecule has 2 nitrogen and oxygen atoms in total. The molecule has 0 radical (unpaired) electrons. The van der Waals surface area contributed by atoms with Crippen molar-refractivity contribution in [3.8, 4) is 0 Å². The summed E-state index contributed by atoms with van der Waals surface area (Å²) in [5.41, 5.74) is 7.52. The van der Waals surface area contributed by atoms with E-state index < -0.39 is 0 Å². The highest BCUT2D eigenvalue weighted by Crippen LogP contribution is 2.28. The molecule has 2 N–H and O–H groups in total. The van der Waals surface area contributed by atoms with Gasteiger partial charge in [0.1, 0.15) is 0 Å². The van der Waals surface area contributed by atoms with Gasteiger partial charge in [-0.3, -0.25) is 4.90 Å². The van der Waals surface area contributed by atoms with E-state index in [0.717, 1.165) is 17.4 Å². The van der Waals surface area contributed by atoms with E-state index in [2.05, 4.69) is 72.8 Å². The fourth-order valence-corrected chi connectivity index (χ4v) is 2.92. The Kier molecular flexibility index (Phi) is 6.33. The van der Waals surface area contributed by atoms with Gasteiger partial charge in [0.15, 0.2) is 0 Å². The summed E-state index contributed by atoms with van der Waals surface area (Å²) in [6, 6.07) is 9.43. The lowest BCUT2D eigenvalue weighted by Gasteiger charge is -2.38. The molecule has 0 aliphatic heterocycles. The summed E-state index contributed by atoms with van der Waals surface area (Å²) in [6.07, 6.45) is 1.14. The molecule has 0 aliphatic carbocycles. The maximum Gasteiger partial charge on any atom is 0.0499 e. The minimum atomic E-state index is 0.119. The SMILES string of the molecule is CCC(C)N(CC)C(c1cccc(Br)c1)C(C)N. The summed E-state index contributed by atoms with van der Waals surface area (Å²) in [6.45, 7) is 9.83. The van der Waals surface area contributed by atoms with Crippen LogP contribution in [0.3, 0.4) is 0 Å². The summed E-state index contributed by atoms with van der Waals surface area (Å²) in [7, 11) is 0. The molecular formula is C15H25BrN2. The minimum absolute atomic E-state index is 0.119. The largest absolute Gasteiger partial charge is 0.326 e. The van der Waals surface area contributed by atoms with Crippen molar-refractivity contribution in [2.45, 2.75) is 52.2 Å². The van der Waals surface area contributed by atoms with Crippen LogP contribution in [0.5, 0.6) is 0 Å². The Bertz CT molecular complexity index is 365. The first-order valence-corrected chi connectivity index (χ1v) is 7.57. The summed E-state index contributed by atoms with van der Waals surface area (Å²) in [4.78, 5) is 2.49. The van der Waals surface area contributed by atoms with E-state index >= 15 is 0 Å². The number of halogens is 1. The van der Waals surface area contributed by atoms with Gasteiger partial charge in [-0.05, 0) is 44.5 Å². The molecule has 3 atom stereocenters. The van der Waals surface area contributed by atoms with Crippen LogP contribution in [0.1, 0.15) is 45.7 Å². The van der Waals surface area contributed by atoms with Crippen LogP contribution in [0.4, 0.5) is 0 Å². The van der Waals surface area contributed by atoms with Gasteiger partial charge < -0.3 is 5.73 Å².